The van der Waals surface area contributed by atoms with Gasteiger partial charge in [0.05, 0.1) is 12.2 Å². The molecule has 0 aliphatic heterocycles. The number of imidazole rings is 1. The van der Waals surface area contributed by atoms with Crippen LogP contribution in [0.15, 0.2) is 33.6 Å². The van der Waals surface area contributed by atoms with Crippen molar-refractivity contribution in [2.24, 2.45) is 0 Å². The van der Waals surface area contributed by atoms with Crippen LogP contribution in [0.1, 0.15) is 5.69 Å². The lowest BCUT2D eigenvalue weighted by Crippen LogP contribution is -2.05. The van der Waals surface area contributed by atoms with Crippen molar-refractivity contribution in [3.8, 4) is 0 Å². The normalized spacial score (nSPS) is 10.5. The van der Waals surface area contributed by atoms with E-state index in [1.807, 2.05) is 16.8 Å². The summed E-state index contributed by atoms with van der Waals surface area (Å²) in [4.78, 5) is 8.24. The predicted molar refractivity (Wildman–Crippen MR) is 65.4 cm³/mol. The van der Waals surface area contributed by atoms with Crippen molar-refractivity contribution in [3.05, 3.63) is 39.3 Å². The second-order valence-corrected chi connectivity index (χ2v) is 4.77. The molecule has 0 fully saturated rings. The van der Waals surface area contributed by atoms with E-state index in [0.29, 0.717) is 12.5 Å². The molecule has 2 aromatic heterocycles. The van der Waals surface area contributed by atoms with Crippen LogP contribution in [0.2, 0.25) is 0 Å². The first-order valence-electron chi connectivity index (χ1n) is 4.23. The van der Waals surface area contributed by atoms with Gasteiger partial charge in [0.15, 0.2) is 5.95 Å². The molecule has 6 heteroatoms. The third-order valence-corrected chi connectivity index (χ3v) is 3.07. The van der Waals surface area contributed by atoms with Crippen LogP contribution in [0.25, 0.3) is 0 Å². The van der Waals surface area contributed by atoms with Crippen molar-refractivity contribution in [1.82, 2.24) is 14.5 Å². The van der Waals surface area contributed by atoms with E-state index in [0.717, 1.165) is 14.6 Å². The lowest BCUT2D eigenvalue weighted by Gasteiger charge is -2.06. The number of nitrogens with zero attached hydrogens (tertiary/aromatic N) is 3. The highest BCUT2D eigenvalue weighted by atomic mass is 79.9. The van der Waals surface area contributed by atoms with Gasteiger partial charge in [-0.15, -0.1) is 0 Å². The molecule has 0 saturated carbocycles. The zero-order valence-electron chi connectivity index (χ0n) is 7.69. The highest BCUT2D eigenvalue weighted by Gasteiger charge is 2.05. The van der Waals surface area contributed by atoms with Crippen molar-refractivity contribution >= 4 is 37.8 Å². The van der Waals surface area contributed by atoms with Gasteiger partial charge in [-0.1, -0.05) is 0 Å². The fraction of sp³-hybridized carbons (Fsp3) is 0.111. The van der Waals surface area contributed by atoms with Crippen molar-refractivity contribution < 1.29 is 0 Å². The topological polar surface area (TPSA) is 56.7 Å². The Hall–Kier alpha value is -0.880. The molecule has 0 amide bonds. The Labute approximate surface area is 104 Å². The summed E-state index contributed by atoms with van der Waals surface area (Å²) in [5.41, 5.74) is 6.59. The monoisotopic (exact) mass is 330 g/mol. The molecule has 0 radical (unpaired) electrons. The molecular formula is C9H8Br2N4. The minimum atomic E-state index is 0.492. The second-order valence-electron chi connectivity index (χ2n) is 3.00. The summed E-state index contributed by atoms with van der Waals surface area (Å²) in [7, 11) is 0. The van der Waals surface area contributed by atoms with Crippen LogP contribution < -0.4 is 5.73 Å². The Balaban J connectivity index is 2.29. The molecule has 0 spiro atoms. The number of hydrogen-bond acceptors (Lipinski definition) is 3. The maximum Gasteiger partial charge on any atom is 0.200 e. The molecule has 78 valence electrons. The summed E-state index contributed by atoms with van der Waals surface area (Å²) in [5.74, 6) is 0.492. The second kappa shape index (κ2) is 4.32. The summed E-state index contributed by atoms with van der Waals surface area (Å²) in [6, 6.07) is 1.95. The average molecular weight is 332 g/mol. The molecule has 2 rings (SSSR count). The summed E-state index contributed by atoms with van der Waals surface area (Å²) in [6.07, 6.45) is 5.25. The van der Waals surface area contributed by atoms with E-state index in [4.69, 9.17) is 5.73 Å². The van der Waals surface area contributed by atoms with E-state index in [1.54, 1.807) is 12.4 Å². The summed E-state index contributed by atoms with van der Waals surface area (Å²) < 4.78 is 3.72. The van der Waals surface area contributed by atoms with E-state index in [-0.39, 0.29) is 0 Å². The van der Waals surface area contributed by atoms with Gasteiger partial charge in [0.1, 0.15) is 0 Å². The summed E-state index contributed by atoms with van der Waals surface area (Å²) in [5, 5.41) is 0. The summed E-state index contributed by atoms with van der Waals surface area (Å²) in [6.45, 7) is 0.611. The third kappa shape index (κ3) is 2.38. The first-order valence-corrected chi connectivity index (χ1v) is 5.82. The Morgan fingerprint density at radius 3 is 2.73 bits per heavy atom. The molecule has 0 bridgehead atoms. The molecule has 0 aliphatic rings. The smallest absolute Gasteiger partial charge is 0.200 e. The van der Waals surface area contributed by atoms with Crippen LogP contribution in [-0.4, -0.2) is 14.5 Å². The number of hydrogen-bond donors (Lipinski definition) is 1. The number of aromatic nitrogens is 3. The van der Waals surface area contributed by atoms with E-state index in [9.17, 15) is 0 Å². The van der Waals surface area contributed by atoms with Gasteiger partial charge in [-0.25, -0.2) is 4.98 Å². The van der Waals surface area contributed by atoms with Crippen molar-refractivity contribution in [1.29, 1.82) is 0 Å². The standard InChI is InChI=1S/C9H8Br2N4/c10-6-3-7(11)8(14-4-6)5-15-2-1-13-9(15)12/h1-4H,5H2,(H2,12,13). The van der Waals surface area contributed by atoms with Crippen molar-refractivity contribution in [3.63, 3.8) is 0 Å². The molecular weight excluding hydrogens is 324 g/mol. The van der Waals surface area contributed by atoms with E-state index in [2.05, 4.69) is 41.8 Å². The van der Waals surface area contributed by atoms with Crippen LogP contribution in [0.5, 0.6) is 0 Å². The number of anilines is 1. The maximum atomic E-state index is 5.67. The molecule has 0 saturated heterocycles. The molecule has 0 aliphatic carbocycles. The quantitative estimate of drug-likeness (QED) is 0.919. The van der Waals surface area contributed by atoms with Gasteiger partial charge in [0.2, 0.25) is 0 Å². The van der Waals surface area contributed by atoms with Crippen LogP contribution in [0, 0.1) is 0 Å². The van der Waals surface area contributed by atoms with Crippen molar-refractivity contribution in [2.45, 2.75) is 6.54 Å². The molecule has 0 atom stereocenters. The Morgan fingerprint density at radius 2 is 2.13 bits per heavy atom. The van der Waals surface area contributed by atoms with Gasteiger partial charge < -0.3 is 10.3 Å². The van der Waals surface area contributed by atoms with Gasteiger partial charge in [-0.2, -0.15) is 0 Å². The molecule has 15 heavy (non-hydrogen) atoms. The van der Waals surface area contributed by atoms with Gasteiger partial charge >= 0.3 is 0 Å². The first kappa shape index (κ1) is 10.6. The van der Waals surface area contributed by atoms with Gasteiger partial charge in [-0.3, -0.25) is 4.98 Å². The first-order chi connectivity index (χ1) is 7.16. The Kier molecular flexibility index (Phi) is 3.06. The molecule has 2 N–H and O–H groups in total. The number of nitrogens with two attached hydrogens (primary N) is 1. The molecule has 2 heterocycles. The fourth-order valence-electron chi connectivity index (χ4n) is 1.19. The average Bonchev–Trinajstić information content (AvgIpc) is 2.57. The Morgan fingerprint density at radius 1 is 1.33 bits per heavy atom. The number of halogens is 2. The highest BCUT2D eigenvalue weighted by molar-refractivity contribution is 9.11. The number of rotatable bonds is 2. The van der Waals surface area contributed by atoms with Gasteiger partial charge in [0.25, 0.3) is 0 Å². The van der Waals surface area contributed by atoms with Gasteiger partial charge in [-0.05, 0) is 37.9 Å². The SMILES string of the molecule is Nc1nccn1Cc1ncc(Br)cc1Br. The maximum absolute atomic E-state index is 5.67. The molecule has 2 aromatic rings. The van der Waals surface area contributed by atoms with Crippen molar-refractivity contribution in [2.75, 3.05) is 5.73 Å². The largest absolute Gasteiger partial charge is 0.369 e. The number of nitrogen functional groups attached to an aromatic ring is 1. The molecule has 0 unspecified atom stereocenters. The molecule has 0 aromatic carbocycles. The van der Waals surface area contributed by atoms with E-state index in [1.165, 1.54) is 0 Å². The zero-order valence-corrected chi connectivity index (χ0v) is 10.9. The lowest BCUT2D eigenvalue weighted by molar-refractivity contribution is 0.780. The lowest BCUT2D eigenvalue weighted by atomic mass is 10.3. The minimum Gasteiger partial charge on any atom is -0.369 e. The zero-order chi connectivity index (χ0) is 10.8. The minimum absolute atomic E-state index is 0.492. The van der Waals surface area contributed by atoms with Crippen LogP contribution >= 0.6 is 31.9 Å². The molecule has 4 nitrogen and oxygen atoms in total. The van der Waals surface area contributed by atoms with Crippen LogP contribution in [0.3, 0.4) is 0 Å². The third-order valence-electron chi connectivity index (χ3n) is 1.95. The summed E-state index contributed by atoms with van der Waals surface area (Å²) >= 11 is 6.80. The predicted octanol–water partition coefficient (Wildman–Crippen LogP) is 2.43. The Bertz CT molecular complexity index is 481. The fourth-order valence-corrected chi connectivity index (χ4v) is 2.31. The highest BCUT2D eigenvalue weighted by Crippen LogP contribution is 2.20. The van der Waals surface area contributed by atoms with E-state index >= 15 is 0 Å². The van der Waals surface area contributed by atoms with Crippen LogP contribution in [-0.2, 0) is 6.54 Å². The van der Waals surface area contributed by atoms with Gasteiger partial charge in [0, 0.05) is 27.5 Å². The van der Waals surface area contributed by atoms with E-state index < -0.39 is 0 Å². The van der Waals surface area contributed by atoms with Crippen LogP contribution in [0.4, 0.5) is 5.95 Å². The number of pyridine rings is 1.